The molecule has 0 spiro atoms. The van der Waals surface area contributed by atoms with Crippen LogP contribution in [-0.2, 0) is 0 Å². The number of rotatable bonds is 2. The van der Waals surface area contributed by atoms with Crippen LogP contribution in [0.25, 0.3) is 0 Å². The van der Waals surface area contributed by atoms with E-state index in [1.165, 1.54) is 0 Å². The van der Waals surface area contributed by atoms with E-state index in [9.17, 15) is 0 Å². The molecule has 0 amide bonds. The number of nitrogens with zero attached hydrogens (tertiary/aromatic N) is 2. The van der Waals surface area contributed by atoms with Crippen molar-refractivity contribution in [3.8, 4) is 0 Å². The minimum absolute atomic E-state index is 0.481. The van der Waals surface area contributed by atoms with Gasteiger partial charge in [0.25, 0.3) is 0 Å². The second-order valence-electron chi connectivity index (χ2n) is 3.07. The first-order chi connectivity index (χ1) is 8.36. The Morgan fingerprint density at radius 3 is 2.35 bits per heavy atom. The number of amidine groups is 1. The van der Waals surface area contributed by atoms with Crippen molar-refractivity contribution in [1.29, 1.82) is 0 Å². The van der Waals surface area contributed by atoms with E-state index in [1.807, 2.05) is 56.3 Å². The molecule has 1 aromatic heterocycles. The molecule has 17 heavy (non-hydrogen) atoms. The molecular weight excluding hydrogens is 210 g/mol. The smallest absolute Gasteiger partial charge is 0.132 e. The van der Waals surface area contributed by atoms with E-state index in [-0.39, 0.29) is 0 Å². The summed E-state index contributed by atoms with van der Waals surface area (Å²) in [4.78, 5) is 8.27. The Hall–Kier alpha value is -2.16. The maximum Gasteiger partial charge on any atom is 0.132 e. The molecular formula is C14H17N3. The molecule has 0 radical (unpaired) electrons. The quantitative estimate of drug-likeness (QED) is 0.633. The standard InChI is InChI=1S/C12H11N3.C2H6/c13-12(10-5-4-8-14-9-10)15-11-6-2-1-3-7-11;1-2/h1-9H,(H2,13,15);1-2H3. The van der Waals surface area contributed by atoms with Gasteiger partial charge in [0.1, 0.15) is 5.84 Å². The zero-order chi connectivity index (χ0) is 12.5. The molecule has 1 heterocycles. The molecule has 0 aliphatic carbocycles. The first-order valence-corrected chi connectivity index (χ1v) is 5.66. The van der Waals surface area contributed by atoms with Gasteiger partial charge in [-0.05, 0) is 24.3 Å². The third kappa shape index (κ3) is 4.07. The Morgan fingerprint density at radius 1 is 1.06 bits per heavy atom. The maximum absolute atomic E-state index is 5.84. The van der Waals surface area contributed by atoms with Crippen molar-refractivity contribution in [3.05, 3.63) is 60.4 Å². The highest BCUT2D eigenvalue weighted by Gasteiger charge is 1.96. The number of aliphatic imine (C=N–C) groups is 1. The molecule has 0 aliphatic rings. The summed E-state index contributed by atoms with van der Waals surface area (Å²) < 4.78 is 0. The number of hydrogen-bond acceptors (Lipinski definition) is 2. The number of pyridine rings is 1. The molecule has 2 aromatic rings. The average Bonchev–Trinajstić information content (AvgIpc) is 2.43. The Labute approximate surface area is 102 Å². The Bertz CT molecular complexity index is 449. The van der Waals surface area contributed by atoms with Crippen molar-refractivity contribution in [2.24, 2.45) is 10.7 Å². The maximum atomic E-state index is 5.84. The van der Waals surface area contributed by atoms with Gasteiger partial charge in [-0.3, -0.25) is 4.98 Å². The molecule has 0 saturated heterocycles. The first-order valence-electron chi connectivity index (χ1n) is 5.66. The predicted octanol–water partition coefficient (Wildman–Crippen LogP) is 3.14. The van der Waals surface area contributed by atoms with Crippen molar-refractivity contribution in [1.82, 2.24) is 4.98 Å². The van der Waals surface area contributed by atoms with Crippen molar-refractivity contribution >= 4 is 11.5 Å². The van der Waals surface area contributed by atoms with Crippen LogP contribution in [-0.4, -0.2) is 10.8 Å². The van der Waals surface area contributed by atoms with Crippen LogP contribution in [0, 0.1) is 0 Å². The van der Waals surface area contributed by atoms with Gasteiger partial charge < -0.3 is 5.73 Å². The largest absolute Gasteiger partial charge is 0.383 e. The van der Waals surface area contributed by atoms with E-state index in [1.54, 1.807) is 12.4 Å². The monoisotopic (exact) mass is 227 g/mol. The molecule has 0 atom stereocenters. The van der Waals surface area contributed by atoms with Gasteiger partial charge in [0, 0.05) is 18.0 Å². The van der Waals surface area contributed by atoms with Gasteiger partial charge in [0.05, 0.1) is 5.69 Å². The average molecular weight is 227 g/mol. The number of para-hydroxylation sites is 1. The Balaban J connectivity index is 0.000000686. The third-order valence-corrected chi connectivity index (χ3v) is 1.96. The summed E-state index contributed by atoms with van der Waals surface area (Å²) in [6, 6.07) is 13.3. The summed E-state index contributed by atoms with van der Waals surface area (Å²) in [6.45, 7) is 4.00. The molecule has 1 aromatic carbocycles. The molecule has 0 fully saturated rings. The van der Waals surface area contributed by atoms with Gasteiger partial charge in [-0.2, -0.15) is 0 Å². The zero-order valence-electron chi connectivity index (χ0n) is 10.2. The molecule has 0 unspecified atom stereocenters. The van der Waals surface area contributed by atoms with Crippen LogP contribution in [0.3, 0.4) is 0 Å². The number of benzene rings is 1. The van der Waals surface area contributed by atoms with Crippen LogP contribution in [0.4, 0.5) is 5.69 Å². The molecule has 88 valence electrons. The molecule has 0 saturated carbocycles. The van der Waals surface area contributed by atoms with Crippen molar-refractivity contribution in [2.75, 3.05) is 0 Å². The SMILES string of the molecule is CC.NC(=Nc1ccccc1)c1cccnc1. The summed E-state index contributed by atoms with van der Waals surface area (Å²) in [7, 11) is 0. The van der Waals surface area contributed by atoms with Crippen LogP contribution in [0.5, 0.6) is 0 Å². The molecule has 3 nitrogen and oxygen atoms in total. The van der Waals surface area contributed by atoms with Crippen molar-refractivity contribution < 1.29 is 0 Å². The number of aromatic nitrogens is 1. The fourth-order valence-electron chi connectivity index (χ4n) is 1.22. The van der Waals surface area contributed by atoms with Gasteiger partial charge in [-0.15, -0.1) is 0 Å². The van der Waals surface area contributed by atoms with Gasteiger partial charge >= 0.3 is 0 Å². The summed E-state index contributed by atoms with van der Waals surface area (Å²) in [5.74, 6) is 0.481. The van der Waals surface area contributed by atoms with Crippen LogP contribution < -0.4 is 5.73 Å². The van der Waals surface area contributed by atoms with Crippen molar-refractivity contribution in [2.45, 2.75) is 13.8 Å². The lowest BCUT2D eigenvalue weighted by Gasteiger charge is -1.99. The highest BCUT2D eigenvalue weighted by atomic mass is 14.9. The molecule has 0 aliphatic heterocycles. The normalized spacial score (nSPS) is 10.4. The summed E-state index contributed by atoms with van der Waals surface area (Å²) in [5, 5.41) is 0. The number of nitrogens with two attached hydrogens (primary N) is 1. The Kier molecular flexibility index (Phi) is 5.44. The fourth-order valence-corrected chi connectivity index (χ4v) is 1.22. The van der Waals surface area contributed by atoms with E-state index in [4.69, 9.17) is 5.73 Å². The second-order valence-corrected chi connectivity index (χ2v) is 3.07. The fraction of sp³-hybridized carbons (Fsp3) is 0.143. The lowest BCUT2D eigenvalue weighted by atomic mass is 10.2. The first kappa shape index (κ1) is 12.9. The van der Waals surface area contributed by atoms with E-state index in [0.29, 0.717) is 5.84 Å². The lowest BCUT2D eigenvalue weighted by Crippen LogP contribution is -2.12. The summed E-state index contributed by atoms with van der Waals surface area (Å²) in [5.41, 5.74) is 7.52. The van der Waals surface area contributed by atoms with E-state index in [2.05, 4.69) is 9.98 Å². The third-order valence-electron chi connectivity index (χ3n) is 1.96. The van der Waals surface area contributed by atoms with Crippen LogP contribution in [0.15, 0.2) is 59.9 Å². The highest BCUT2D eigenvalue weighted by molar-refractivity contribution is 5.98. The van der Waals surface area contributed by atoms with Gasteiger partial charge in [0.15, 0.2) is 0 Å². The van der Waals surface area contributed by atoms with E-state index >= 15 is 0 Å². The van der Waals surface area contributed by atoms with Gasteiger partial charge in [-0.25, -0.2) is 4.99 Å². The Morgan fingerprint density at radius 2 is 1.76 bits per heavy atom. The van der Waals surface area contributed by atoms with Gasteiger partial charge in [-0.1, -0.05) is 32.0 Å². The summed E-state index contributed by atoms with van der Waals surface area (Å²) >= 11 is 0. The van der Waals surface area contributed by atoms with Gasteiger partial charge in [0.2, 0.25) is 0 Å². The predicted molar refractivity (Wildman–Crippen MR) is 72.4 cm³/mol. The van der Waals surface area contributed by atoms with Crippen LogP contribution in [0.1, 0.15) is 19.4 Å². The van der Waals surface area contributed by atoms with E-state index < -0.39 is 0 Å². The molecule has 3 heteroatoms. The molecule has 2 rings (SSSR count). The topological polar surface area (TPSA) is 51.3 Å². The number of hydrogen-bond donors (Lipinski definition) is 1. The zero-order valence-corrected chi connectivity index (χ0v) is 10.2. The van der Waals surface area contributed by atoms with Crippen molar-refractivity contribution in [3.63, 3.8) is 0 Å². The van der Waals surface area contributed by atoms with Crippen LogP contribution >= 0.6 is 0 Å². The summed E-state index contributed by atoms with van der Waals surface area (Å²) in [6.07, 6.45) is 3.40. The molecule has 0 bridgehead atoms. The lowest BCUT2D eigenvalue weighted by molar-refractivity contribution is 1.30. The van der Waals surface area contributed by atoms with E-state index in [0.717, 1.165) is 11.3 Å². The molecule has 2 N–H and O–H groups in total. The highest BCUT2D eigenvalue weighted by Crippen LogP contribution is 2.10. The minimum atomic E-state index is 0.481. The van der Waals surface area contributed by atoms with Crippen LogP contribution in [0.2, 0.25) is 0 Å². The minimum Gasteiger partial charge on any atom is -0.383 e. The second kappa shape index (κ2) is 7.17.